The lowest BCUT2D eigenvalue weighted by Gasteiger charge is -2.01. The summed E-state index contributed by atoms with van der Waals surface area (Å²) in [6, 6.07) is 1.32. The maximum atomic E-state index is 13.2. The molecular weight excluding hydrogens is 271 g/mol. The molecule has 1 rings (SSSR count). The molecule has 0 aliphatic heterocycles. The van der Waals surface area contributed by atoms with Gasteiger partial charge in [0.05, 0.1) is 5.75 Å². The third-order valence-electron chi connectivity index (χ3n) is 1.39. The molecule has 0 aliphatic carbocycles. The fourth-order valence-electron chi connectivity index (χ4n) is 0.714. The summed E-state index contributed by atoms with van der Waals surface area (Å²) in [5.41, 5.74) is 0. The van der Waals surface area contributed by atoms with Crippen LogP contribution in [0.1, 0.15) is 0 Å². The average molecular weight is 279 g/mol. The lowest BCUT2D eigenvalue weighted by molar-refractivity contribution is -0.118. The predicted molar refractivity (Wildman–Crippen MR) is 56.7 cm³/mol. The smallest absolute Gasteiger partial charge is 0.230 e. The second kappa shape index (κ2) is 5.31. The van der Waals surface area contributed by atoms with Gasteiger partial charge < -0.3 is 5.32 Å². The van der Waals surface area contributed by atoms with Crippen molar-refractivity contribution in [3.8, 4) is 0 Å². The molecule has 0 atom stereocenters. The van der Waals surface area contributed by atoms with Crippen LogP contribution in [-0.4, -0.2) is 23.7 Å². The van der Waals surface area contributed by atoms with E-state index >= 15 is 0 Å². The van der Waals surface area contributed by atoms with Gasteiger partial charge in [-0.25, -0.2) is 9.37 Å². The third-order valence-corrected chi connectivity index (χ3v) is 2.81. The van der Waals surface area contributed by atoms with Crippen molar-refractivity contribution >= 4 is 33.6 Å². The van der Waals surface area contributed by atoms with E-state index in [1.807, 2.05) is 0 Å². The van der Waals surface area contributed by atoms with Crippen molar-refractivity contribution in [3.63, 3.8) is 0 Å². The number of carbonyl (C=O) groups is 1. The average Bonchev–Trinajstić information content (AvgIpc) is 2.16. The summed E-state index contributed by atoms with van der Waals surface area (Å²) in [6.45, 7) is 0. The Labute approximate surface area is 93.6 Å². The molecule has 0 aliphatic rings. The number of carbonyl (C=O) groups excluding carboxylic acids is 1. The quantitative estimate of drug-likeness (QED) is 0.858. The van der Waals surface area contributed by atoms with Crippen molar-refractivity contribution in [3.05, 3.63) is 22.6 Å². The summed E-state index contributed by atoms with van der Waals surface area (Å²) in [7, 11) is 1.54. The molecule has 0 unspecified atom stereocenters. The van der Waals surface area contributed by atoms with E-state index in [4.69, 9.17) is 0 Å². The molecule has 76 valence electrons. The summed E-state index contributed by atoms with van der Waals surface area (Å²) in [4.78, 5) is 14.7. The SMILES string of the molecule is CNC(=O)CSc1ncc(Br)cc1F. The van der Waals surface area contributed by atoms with Gasteiger partial charge in [-0.15, -0.1) is 0 Å². The highest BCUT2D eigenvalue weighted by Gasteiger charge is 2.07. The Morgan fingerprint density at radius 3 is 3.07 bits per heavy atom. The van der Waals surface area contributed by atoms with Crippen LogP contribution in [0.5, 0.6) is 0 Å². The first-order valence-electron chi connectivity index (χ1n) is 3.78. The van der Waals surface area contributed by atoms with E-state index in [0.29, 0.717) is 4.47 Å². The molecule has 0 aromatic carbocycles. The maximum Gasteiger partial charge on any atom is 0.230 e. The lowest BCUT2D eigenvalue weighted by atomic mass is 10.5. The second-order valence-corrected chi connectivity index (χ2v) is 4.28. The molecule has 1 aromatic heterocycles. The highest BCUT2D eigenvalue weighted by molar-refractivity contribution is 9.10. The van der Waals surface area contributed by atoms with Gasteiger partial charge in [0.2, 0.25) is 5.91 Å². The van der Waals surface area contributed by atoms with Gasteiger partial charge in [-0.05, 0) is 22.0 Å². The first-order valence-corrected chi connectivity index (χ1v) is 5.55. The van der Waals surface area contributed by atoms with Crippen LogP contribution in [0.15, 0.2) is 21.8 Å². The van der Waals surface area contributed by atoms with E-state index in [1.54, 1.807) is 0 Å². The van der Waals surface area contributed by atoms with E-state index < -0.39 is 5.82 Å². The minimum atomic E-state index is -0.423. The van der Waals surface area contributed by atoms with Gasteiger partial charge in [-0.2, -0.15) is 0 Å². The van der Waals surface area contributed by atoms with E-state index in [9.17, 15) is 9.18 Å². The Bertz CT molecular complexity index is 348. The number of pyridine rings is 1. The highest BCUT2D eigenvalue weighted by atomic mass is 79.9. The molecule has 0 saturated carbocycles. The van der Waals surface area contributed by atoms with Gasteiger partial charge in [0.1, 0.15) is 5.03 Å². The molecule has 0 bridgehead atoms. The number of hydrogen-bond acceptors (Lipinski definition) is 3. The van der Waals surface area contributed by atoms with E-state index in [1.165, 1.54) is 19.3 Å². The molecule has 1 amide bonds. The van der Waals surface area contributed by atoms with Crippen molar-refractivity contribution in [2.75, 3.05) is 12.8 Å². The molecule has 0 fully saturated rings. The lowest BCUT2D eigenvalue weighted by Crippen LogP contribution is -2.19. The highest BCUT2D eigenvalue weighted by Crippen LogP contribution is 2.21. The van der Waals surface area contributed by atoms with Gasteiger partial charge in [0.15, 0.2) is 5.82 Å². The molecule has 1 N–H and O–H groups in total. The number of rotatable bonds is 3. The molecule has 3 nitrogen and oxygen atoms in total. The fraction of sp³-hybridized carbons (Fsp3) is 0.250. The van der Waals surface area contributed by atoms with Gasteiger partial charge in [0, 0.05) is 17.7 Å². The van der Waals surface area contributed by atoms with Crippen LogP contribution in [0.25, 0.3) is 0 Å². The normalized spacial score (nSPS) is 9.93. The fourth-order valence-corrected chi connectivity index (χ4v) is 1.75. The molecular formula is C8H8BrFN2OS. The number of hydrogen-bond donors (Lipinski definition) is 1. The van der Waals surface area contributed by atoms with Crippen LogP contribution >= 0.6 is 27.7 Å². The van der Waals surface area contributed by atoms with E-state index in [-0.39, 0.29) is 16.7 Å². The van der Waals surface area contributed by atoms with Crippen molar-refractivity contribution in [2.45, 2.75) is 5.03 Å². The van der Waals surface area contributed by atoms with Crippen LogP contribution in [0.2, 0.25) is 0 Å². The van der Waals surface area contributed by atoms with Crippen LogP contribution in [0, 0.1) is 5.82 Å². The zero-order valence-electron chi connectivity index (χ0n) is 7.38. The summed E-state index contributed by atoms with van der Waals surface area (Å²) < 4.78 is 13.7. The monoisotopic (exact) mass is 278 g/mol. The minimum Gasteiger partial charge on any atom is -0.358 e. The van der Waals surface area contributed by atoms with E-state index in [0.717, 1.165) is 11.8 Å². The Morgan fingerprint density at radius 1 is 1.79 bits per heavy atom. The molecule has 0 spiro atoms. The first kappa shape index (κ1) is 11.5. The molecule has 0 radical (unpaired) electrons. The molecule has 0 saturated heterocycles. The van der Waals surface area contributed by atoms with Crippen LogP contribution in [0.3, 0.4) is 0 Å². The standard InChI is InChI=1S/C8H8BrFN2OS/c1-11-7(13)4-14-8-6(10)2-5(9)3-12-8/h2-3H,4H2,1H3,(H,11,13). The zero-order chi connectivity index (χ0) is 10.6. The Morgan fingerprint density at radius 2 is 2.50 bits per heavy atom. The number of nitrogens with zero attached hydrogens (tertiary/aromatic N) is 1. The van der Waals surface area contributed by atoms with E-state index in [2.05, 4.69) is 26.2 Å². The van der Waals surface area contributed by atoms with Crippen molar-refractivity contribution in [1.29, 1.82) is 0 Å². The summed E-state index contributed by atoms with van der Waals surface area (Å²) >= 11 is 4.17. The predicted octanol–water partition coefficient (Wildman–Crippen LogP) is 1.82. The number of halogens is 2. The molecule has 1 aromatic rings. The Hall–Kier alpha value is -0.620. The molecule has 6 heteroatoms. The van der Waals surface area contributed by atoms with Crippen LogP contribution in [0.4, 0.5) is 4.39 Å². The van der Waals surface area contributed by atoms with Gasteiger partial charge >= 0.3 is 0 Å². The molecule has 1 heterocycles. The first-order chi connectivity index (χ1) is 6.63. The number of amides is 1. The third kappa shape index (κ3) is 3.26. The minimum absolute atomic E-state index is 0.154. The van der Waals surface area contributed by atoms with Crippen LogP contribution in [-0.2, 0) is 4.79 Å². The number of nitrogens with one attached hydrogen (secondary N) is 1. The van der Waals surface area contributed by atoms with Crippen molar-refractivity contribution in [1.82, 2.24) is 10.3 Å². The van der Waals surface area contributed by atoms with Gasteiger partial charge in [0.25, 0.3) is 0 Å². The van der Waals surface area contributed by atoms with Gasteiger partial charge in [-0.1, -0.05) is 11.8 Å². The zero-order valence-corrected chi connectivity index (χ0v) is 9.78. The Kier molecular flexibility index (Phi) is 4.34. The number of aromatic nitrogens is 1. The molecule has 14 heavy (non-hydrogen) atoms. The topological polar surface area (TPSA) is 42.0 Å². The number of thioether (sulfide) groups is 1. The maximum absolute atomic E-state index is 13.2. The summed E-state index contributed by atoms with van der Waals surface area (Å²) in [5.74, 6) is -0.408. The van der Waals surface area contributed by atoms with Crippen LogP contribution < -0.4 is 5.32 Å². The Balaban J connectivity index is 2.63. The summed E-state index contributed by atoms with van der Waals surface area (Å²) in [5, 5.41) is 2.68. The summed E-state index contributed by atoms with van der Waals surface area (Å²) in [6.07, 6.45) is 1.50. The van der Waals surface area contributed by atoms with Crippen molar-refractivity contribution < 1.29 is 9.18 Å². The largest absolute Gasteiger partial charge is 0.358 e. The second-order valence-electron chi connectivity index (χ2n) is 2.40. The van der Waals surface area contributed by atoms with Crippen molar-refractivity contribution in [2.24, 2.45) is 0 Å². The van der Waals surface area contributed by atoms with Gasteiger partial charge in [-0.3, -0.25) is 4.79 Å².